The van der Waals surface area contributed by atoms with E-state index >= 15 is 0 Å². The fourth-order valence-corrected chi connectivity index (χ4v) is 9.70. The van der Waals surface area contributed by atoms with Gasteiger partial charge in [-0.2, -0.15) is 0 Å². The highest BCUT2D eigenvalue weighted by molar-refractivity contribution is 5.71. The molecule has 6 heteroatoms. The Morgan fingerprint density at radius 2 is 0.500 bits per heavy atom. The number of rotatable bonds is 62. The van der Waals surface area contributed by atoms with E-state index < -0.39 is 6.10 Å². The largest absolute Gasteiger partial charge is 0.462 e. The van der Waals surface area contributed by atoms with Crippen molar-refractivity contribution >= 4 is 17.9 Å². The van der Waals surface area contributed by atoms with Crippen LogP contribution in [0.1, 0.15) is 335 Å². The smallest absolute Gasteiger partial charge is 0.306 e. The van der Waals surface area contributed by atoms with Gasteiger partial charge in [0.25, 0.3) is 0 Å². The van der Waals surface area contributed by atoms with Gasteiger partial charge in [0.1, 0.15) is 13.2 Å². The van der Waals surface area contributed by atoms with Crippen LogP contribution in [0.25, 0.3) is 0 Å². The second kappa shape index (κ2) is 67.8. The van der Waals surface area contributed by atoms with Crippen LogP contribution in [0.5, 0.6) is 0 Å². The monoisotopic (exact) mass is 1110 g/mol. The highest BCUT2D eigenvalue weighted by atomic mass is 16.6. The predicted octanol–water partition coefficient (Wildman–Crippen LogP) is 23.6. The lowest BCUT2D eigenvalue weighted by molar-refractivity contribution is -0.167. The Labute approximate surface area is 496 Å². The molecule has 0 aliphatic carbocycles. The summed E-state index contributed by atoms with van der Waals surface area (Å²) < 4.78 is 17.0. The van der Waals surface area contributed by atoms with Crippen molar-refractivity contribution in [3.8, 4) is 0 Å². The molecule has 0 spiro atoms. The summed E-state index contributed by atoms with van der Waals surface area (Å²) in [5.41, 5.74) is 0. The van der Waals surface area contributed by atoms with Crippen LogP contribution in [0.2, 0.25) is 0 Å². The molecule has 0 N–H and O–H groups in total. The second-order valence-electron chi connectivity index (χ2n) is 22.7. The van der Waals surface area contributed by atoms with Crippen LogP contribution in [0, 0.1) is 0 Å². The summed E-state index contributed by atoms with van der Waals surface area (Å²) in [6.07, 6.45) is 91.4. The maximum atomic E-state index is 12.9. The molecule has 0 heterocycles. The predicted molar refractivity (Wildman–Crippen MR) is 348 cm³/mol. The second-order valence-corrected chi connectivity index (χ2v) is 22.7. The molecule has 0 aromatic rings. The van der Waals surface area contributed by atoms with E-state index in [1.807, 2.05) is 0 Å². The Bertz CT molecular complexity index is 1560. The maximum absolute atomic E-state index is 12.9. The summed E-state index contributed by atoms with van der Waals surface area (Å²) in [5, 5.41) is 0. The van der Waals surface area contributed by atoms with Gasteiger partial charge in [0, 0.05) is 19.3 Å². The molecule has 1 atom stereocenters. The lowest BCUT2D eigenvalue weighted by Gasteiger charge is -2.18. The van der Waals surface area contributed by atoms with Crippen molar-refractivity contribution < 1.29 is 28.6 Å². The lowest BCUT2D eigenvalue weighted by atomic mass is 10.0. The lowest BCUT2D eigenvalue weighted by Crippen LogP contribution is -2.30. The first-order valence-electron chi connectivity index (χ1n) is 34.2. The van der Waals surface area contributed by atoms with Gasteiger partial charge in [-0.15, -0.1) is 0 Å². The summed E-state index contributed by atoms with van der Waals surface area (Å²) in [6.45, 7) is 6.51. The Balaban J connectivity index is 4.30. The summed E-state index contributed by atoms with van der Waals surface area (Å²) in [4.78, 5) is 38.4. The Morgan fingerprint density at radius 1 is 0.263 bits per heavy atom. The van der Waals surface area contributed by atoms with Crippen molar-refractivity contribution in [1.82, 2.24) is 0 Å². The Morgan fingerprint density at radius 3 is 0.800 bits per heavy atom. The molecule has 0 fully saturated rings. The highest BCUT2D eigenvalue weighted by Gasteiger charge is 2.19. The van der Waals surface area contributed by atoms with Crippen LogP contribution in [0.4, 0.5) is 0 Å². The van der Waals surface area contributed by atoms with Gasteiger partial charge >= 0.3 is 17.9 Å². The van der Waals surface area contributed by atoms with E-state index in [2.05, 4.69) is 118 Å². The number of esters is 3. The number of hydrogen-bond acceptors (Lipinski definition) is 6. The molecule has 80 heavy (non-hydrogen) atoms. The Kier molecular flexibility index (Phi) is 64.7. The number of carbonyl (C=O) groups excluding carboxylic acids is 3. The summed E-state index contributed by atoms with van der Waals surface area (Å²) in [7, 11) is 0. The molecule has 1 unspecified atom stereocenters. The first kappa shape index (κ1) is 76.3. The molecule has 0 saturated carbocycles. The van der Waals surface area contributed by atoms with Crippen LogP contribution >= 0.6 is 0 Å². The van der Waals surface area contributed by atoms with E-state index in [9.17, 15) is 14.4 Å². The SMILES string of the molecule is CC/C=C\C/C=C\C/C=C\C/C=C\C/C=C\C/C=C\CCCCCCCCCCCCC(=O)OCC(COC(=O)CCCCCCC/C=C\C/C=C\CCCC)OC(=O)CCCCCCCCCCCCCCCCCCCCC. The third kappa shape index (κ3) is 65.1. The quantitative estimate of drug-likeness (QED) is 0.0261. The standard InChI is InChI=1S/C74H128O6/c1-4-7-10-13-16-19-22-25-28-30-32-33-34-35-36-37-38-39-40-41-43-44-46-49-52-55-58-61-64-67-73(76)79-70-71(69-78-72(75)66-63-60-57-54-51-48-27-24-21-18-15-12-9-6-3)80-74(77)68-65-62-59-56-53-50-47-45-42-31-29-26-23-20-17-14-11-8-5-2/h7,10,15-16,18-19,24-25,27-28,32-33,35-36,38-39,71H,4-6,8-9,11-14,17,20-23,26,29-31,34,37,40-70H2,1-3H3/b10-7-,18-15-,19-16-,27-24-,28-25-,33-32-,36-35-,39-38-. The number of unbranched alkanes of at least 4 members (excludes halogenated alkanes) is 35. The van der Waals surface area contributed by atoms with Crippen molar-refractivity contribution in [3.63, 3.8) is 0 Å². The number of ether oxygens (including phenoxy) is 3. The van der Waals surface area contributed by atoms with Crippen LogP contribution < -0.4 is 0 Å². The third-order valence-electron chi connectivity index (χ3n) is 14.8. The van der Waals surface area contributed by atoms with E-state index in [-0.39, 0.29) is 31.1 Å². The molecule has 0 amide bonds. The average molecular weight is 1110 g/mol. The topological polar surface area (TPSA) is 78.9 Å². The van der Waals surface area contributed by atoms with E-state index in [0.717, 1.165) is 116 Å². The molecule has 0 saturated heterocycles. The van der Waals surface area contributed by atoms with Crippen LogP contribution in [0.3, 0.4) is 0 Å². The first-order valence-corrected chi connectivity index (χ1v) is 34.2. The normalized spacial score (nSPS) is 12.7. The van der Waals surface area contributed by atoms with Gasteiger partial charge in [-0.3, -0.25) is 14.4 Å². The van der Waals surface area contributed by atoms with Crippen molar-refractivity contribution in [3.05, 3.63) is 97.2 Å². The molecule has 0 rings (SSSR count). The van der Waals surface area contributed by atoms with Crippen LogP contribution in [-0.4, -0.2) is 37.2 Å². The number of carbonyl (C=O) groups is 3. The molecule has 0 radical (unpaired) electrons. The molecular weight excluding hydrogens is 985 g/mol. The molecule has 0 aromatic carbocycles. The molecule has 0 aliphatic heterocycles. The summed E-state index contributed by atoms with van der Waals surface area (Å²) in [6, 6.07) is 0. The van der Waals surface area contributed by atoms with Gasteiger partial charge in [-0.25, -0.2) is 0 Å². The average Bonchev–Trinajstić information content (AvgIpc) is 3.46. The molecular formula is C74H128O6. The fraction of sp³-hybridized carbons (Fsp3) is 0.743. The zero-order valence-electron chi connectivity index (χ0n) is 52.8. The molecule has 0 bridgehead atoms. The van der Waals surface area contributed by atoms with Gasteiger partial charge in [0.2, 0.25) is 0 Å². The van der Waals surface area contributed by atoms with Gasteiger partial charge in [0.05, 0.1) is 0 Å². The maximum Gasteiger partial charge on any atom is 0.306 e. The first-order chi connectivity index (χ1) is 39.5. The van der Waals surface area contributed by atoms with Gasteiger partial charge in [-0.1, -0.05) is 317 Å². The van der Waals surface area contributed by atoms with Crippen molar-refractivity contribution in [1.29, 1.82) is 0 Å². The van der Waals surface area contributed by atoms with E-state index in [1.165, 1.54) is 180 Å². The molecule has 0 aromatic heterocycles. The third-order valence-corrected chi connectivity index (χ3v) is 14.8. The molecule has 0 aliphatic rings. The van der Waals surface area contributed by atoms with E-state index in [4.69, 9.17) is 14.2 Å². The van der Waals surface area contributed by atoms with Gasteiger partial charge < -0.3 is 14.2 Å². The number of hydrogen-bond donors (Lipinski definition) is 0. The molecule has 460 valence electrons. The van der Waals surface area contributed by atoms with Crippen molar-refractivity contribution in [2.45, 2.75) is 341 Å². The summed E-state index contributed by atoms with van der Waals surface area (Å²) >= 11 is 0. The van der Waals surface area contributed by atoms with Crippen molar-refractivity contribution in [2.24, 2.45) is 0 Å². The van der Waals surface area contributed by atoms with Gasteiger partial charge in [-0.05, 0) is 96.3 Å². The molecule has 6 nitrogen and oxygen atoms in total. The van der Waals surface area contributed by atoms with Crippen LogP contribution in [0.15, 0.2) is 97.2 Å². The van der Waals surface area contributed by atoms with E-state index in [1.54, 1.807) is 0 Å². The number of allylic oxidation sites excluding steroid dienone is 16. The zero-order chi connectivity index (χ0) is 57.8. The fourth-order valence-electron chi connectivity index (χ4n) is 9.70. The van der Waals surface area contributed by atoms with Crippen LogP contribution in [-0.2, 0) is 28.6 Å². The Hall–Kier alpha value is -3.67. The minimum atomic E-state index is -0.785. The minimum Gasteiger partial charge on any atom is -0.462 e. The summed E-state index contributed by atoms with van der Waals surface area (Å²) in [5.74, 6) is -0.883. The van der Waals surface area contributed by atoms with E-state index in [0.29, 0.717) is 19.3 Å². The zero-order valence-corrected chi connectivity index (χ0v) is 52.8. The minimum absolute atomic E-state index is 0.0813. The van der Waals surface area contributed by atoms with Gasteiger partial charge in [0.15, 0.2) is 6.10 Å². The highest BCUT2D eigenvalue weighted by Crippen LogP contribution is 2.17. The van der Waals surface area contributed by atoms with Crippen molar-refractivity contribution in [2.75, 3.05) is 13.2 Å².